The second-order valence-corrected chi connectivity index (χ2v) is 11.6. The first kappa shape index (κ1) is 22.7. The Morgan fingerprint density at radius 2 is 1.72 bits per heavy atom. The molecular formula is C26H26N6O3S. The van der Waals surface area contributed by atoms with Gasteiger partial charge in [0.2, 0.25) is 6.41 Å². The van der Waals surface area contributed by atoms with Gasteiger partial charge < -0.3 is 10.6 Å². The molecule has 0 spiro atoms. The molecule has 4 aromatic rings. The zero-order valence-electron chi connectivity index (χ0n) is 19.8. The number of fused-ring (bicyclic) bond motifs is 3. The normalized spacial score (nSPS) is 21.7. The van der Waals surface area contributed by atoms with Crippen LogP contribution < -0.4 is 5.73 Å². The molecule has 5 heterocycles. The first-order valence-electron chi connectivity index (χ1n) is 12.0. The van der Waals surface area contributed by atoms with Gasteiger partial charge in [-0.05, 0) is 31.7 Å². The highest BCUT2D eigenvalue weighted by Crippen LogP contribution is 2.44. The largest absolute Gasteiger partial charge is 0.382 e. The van der Waals surface area contributed by atoms with Crippen molar-refractivity contribution in [2.24, 2.45) is 0 Å². The van der Waals surface area contributed by atoms with Crippen LogP contribution in [-0.2, 0) is 14.6 Å². The van der Waals surface area contributed by atoms with Crippen LogP contribution in [0.5, 0.6) is 0 Å². The third-order valence-corrected chi connectivity index (χ3v) is 8.64. The van der Waals surface area contributed by atoms with Crippen LogP contribution in [0.3, 0.4) is 0 Å². The number of nitrogens with zero attached hydrogens (tertiary/aromatic N) is 5. The van der Waals surface area contributed by atoms with Gasteiger partial charge in [-0.25, -0.2) is 13.4 Å². The summed E-state index contributed by atoms with van der Waals surface area (Å²) >= 11 is 0. The molecule has 0 saturated carbocycles. The van der Waals surface area contributed by atoms with Gasteiger partial charge in [-0.1, -0.05) is 36.4 Å². The van der Waals surface area contributed by atoms with Crippen LogP contribution in [0.25, 0.3) is 28.0 Å². The van der Waals surface area contributed by atoms with E-state index < -0.39 is 9.84 Å². The Morgan fingerprint density at radius 3 is 2.33 bits per heavy atom. The summed E-state index contributed by atoms with van der Waals surface area (Å²) in [6.45, 7) is 0. The lowest BCUT2D eigenvalue weighted by Gasteiger charge is -2.36. The van der Waals surface area contributed by atoms with Gasteiger partial charge in [-0.2, -0.15) is 9.61 Å². The van der Waals surface area contributed by atoms with E-state index in [1.807, 2.05) is 47.4 Å². The zero-order valence-corrected chi connectivity index (χ0v) is 20.6. The van der Waals surface area contributed by atoms with Gasteiger partial charge in [0.05, 0.1) is 17.6 Å². The summed E-state index contributed by atoms with van der Waals surface area (Å²) in [6, 6.07) is 14.0. The lowest BCUT2D eigenvalue weighted by molar-refractivity contribution is -0.122. The van der Waals surface area contributed by atoms with Gasteiger partial charge in [0.1, 0.15) is 10.7 Å². The maximum absolute atomic E-state index is 12.9. The standard InChI is InChI=1S/C26H26N6O3S/c1-36(34,35)24-23(18-11-19-8-9-20(12-18)31(19)15-33)30-26-21(14-29-32(26)25(24)27)17-7-10-22(28-13-17)16-5-3-2-4-6-16/h2-7,10,13-15,18-20H,8-9,11-12,27H2,1H3. The molecule has 2 aliphatic rings. The van der Waals surface area contributed by atoms with Crippen LogP contribution in [0, 0.1) is 0 Å². The number of carbonyl (C=O) groups excluding carboxylic acids is 1. The van der Waals surface area contributed by atoms with Gasteiger partial charge >= 0.3 is 0 Å². The van der Waals surface area contributed by atoms with Crippen molar-refractivity contribution >= 4 is 27.7 Å². The van der Waals surface area contributed by atoms with Gasteiger partial charge in [0, 0.05) is 47.1 Å². The zero-order chi connectivity index (χ0) is 25.0. The second kappa shape index (κ2) is 8.41. The molecule has 0 aliphatic carbocycles. The number of sulfone groups is 1. The first-order valence-corrected chi connectivity index (χ1v) is 13.9. The maximum atomic E-state index is 12.9. The Hall–Kier alpha value is -3.79. The molecule has 0 radical (unpaired) electrons. The summed E-state index contributed by atoms with van der Waals surface area (Å²) in [6.07, 6.45) is 8.65. The van der Waals surface area contributed by atoms with Crippen molar-refractivity contribution in [1.82, 2.24) is 24.5 Å². The smallest absolute Gasteiger partial charge is 0.210 e. The van der Waals surface area contributed by atoms with Crippen LogP contribution in [0.15, 0.2) is 59.8 Å². The van der Waals surface area contributed by atoms with E-state index in [-0.39, 0.29) is 28.7 Å². The fraction of sp³-hybridized carbons (Fsp3) is 0.308. The summed E-state index contributed by atoms with van der Waals surface area (Å²) in [5, 5.41) is 4.39. The summed E-state index contributed by atoms with van der Waals surface area (Å²) in [7, 11) is -3.67. The fourth-order valence-corrected chi connectivity index (χ4v) is 6.88. The molecule has 2 fully saturated rings. The van der Waals surface area contributed by atoms with E-state index in [4.69, 9.17) is 10.7 Å². The van der Waals surface area contributed by atoms with Crippen LogP contribution >= 0.6 is 0 Å². The van der Waals surface area contributed by atoms with Crippen LogP contribution in [0.4, 0.5) is 5.82 Å². The van der Waals surface area contributed by atoms with Crippen LogP contribution in [0.2, 0.25) is 0 Å². The lowest BCUT2D eigenvalue weighted by Crippen LogP contribution is -2.41. The summed E-state index contributed by atoms with van der Waals surface area (Å²) < 4.78 is 27.1. The Kier molecular flexibility index (Phi) is 5.29. The number of aromatic nitrogens is 4. The topological polar surface area (TPSA) is 124 Å². The van der Waals surface area contributed by atoms with Crippen molar-refractivity contribution in [1.29, 1.82) is 0 Å². The first-order chi connectivity index (χ1) is 17.3. The average molecular weight is 503 g/mol. The Morgan fingerprint density at radius 1 is 1.00 bits per heavy atom. The highest BCUT2D eigenvalue weighted by molar-refractivity contribution is 7.91. The number of benzene rings is 1. The van der Waals surface area contributed by atoms with E-state index in [0.717, 1.165) is 47.9 Å². The van der Waals surface area contributed by atoms with Crippen molar-refractivity contribution in [3.63, 3.8) is 0 Å². The highest BCUT2D eigenvalue weighted by atomic mass is 32.2. The van der Waals surface area contributed by atoms with Gasteiger partial charge in [0.15, 0.2) is 15.5 Å². The molecule has 6 rings (SSSR count). The number of carbonyl (C=O) groups is 1. The third kappa shape index (κ3) is 3.63. The molecule has 1 aromatic carbocycles. The SMILES string of the molecule is CS(=O)(=O)c1c(C2CC3CCC(C2)N3C=O)nc2c(-c3ccc(-c4ccccc4)nc3)cnn2c1N. The van der Waals surface area contributed by atoms with E-state index in [9.17, 15) is 13.2 Å². The molecule has 1 amide bonds. The Bertz CT molecular complexity index is 1550. The number of nitrogens with two attached hydrogens (primary N) is 1. The van der Waals surface area contributed by atoms with Crippen molar-refractivity contribution < 1.29 is 13.2 Å². The molecular weight excluding hydrogens is 476 g/mol. The average Bonchev–Trinajstić information content (AvgIpc) is 3.41. The minimum atomic E-state index is -3.67. The van der Waals surface area contributed by atoms with Gasteiger partial charge in [-0.3, -0.25) is 9.78 Å². The molecule has 36 heavy (non-hydrogen) atoms. The summed E-state index contributed by atoms with van der Waals surface area (Å²) in [5.41, 5.74) is 10.8. The number of pyridine rings is 1. The maximum Gasteiger partial charge on any atom is 0.210 e. The molecule has 9 nitrogen and oxygen atoms in total. The predicted octanol–water partition coefficient (Wildman–Crippen LogP) is 3.31. The van der Waals surface area contributed by atoms with E-state index in [2.05, 4.69) is 10.1 Å². The molecule has 2 N–H and O–H groups in total. The van der Waals surface area contributed by atoms with Crippen molar-refractivity contribution in [3.8, 4) is 22.4 Å². The number of anilines is 1. The predicted molar refractivity (Wildman–Crippen MR) is 136 cm³/mol. The van der Waals surface area contributed by atoms with Crippen LogP contribution in [-0.4, -0.2) is 57.6 Å². The van der Waals surface area contributed by atoms with Crippen molar-refractivity contribution in [3.05, 3.63) is 60.6 Å². The quantitative estimate of drug-likeness (QED) is 0.415. The Labute approximate surface area is 208 Å². The Balaban J connectivity index is 1.46. The molecule has 2 unspecified atom stereocenters. The number of hydrogen-bond acceptors (Lipinski definition) is 7. The second-order valence-electron chi connectivity index (χ2n) is 9.68. The fourth-order valence-electron chi connectivity index (χ4n) is 5.82. The number of amides is 1. The van der Waals surface area contributed by atoms with Gasteiger partial charge in [-0.15, -0.1) is 0 Å². The number of rotatable bonds is 5. The van der Waals surface area contributed by atoms with Gasteiger partial charge in [0.25, 0.3) is 0 Å². The highest BCUT2D eigenvalue weighted by Gasteiger charge is 2.42. The molecule has 2 bridgehead atoms. The molecule has 10 heteroatoms. The number of hydrogen-bond donors (Lipinski definition) is 1. The van der Waals surface area contributed by atoms with E-state index in [1.54, 1.807) is 12.4 Å². The van der Waals surface area contributed by atoms with Crippen LogP contribution in [0.1, 0.15) is 37.3 Å². The van der Waals surface area contributed by atoms with Crippen molar-refractivity contribution in [2.45, 2.75) is 48.6 Å². The molecule has 2 saturated heterocycles. The lowest BCUT2D eigenvalue weighted by atomic mass is 9.88. The number of nitrogen functional groups attached to an aromatic ring is 1. The van der Waals surface area contributed by atoms with E-state index >= 15 is 0 Å². The monoisotopic (exact) mass is 502 g/mol. The number of piperidine rings is 1. The molecule has 184 valence electrons. The summed E-state index contributed by atoms with van der Waals surface area (Å²) in [4.78, 5) is 23.0. The summed E-state index contributed by atoms with van der Waals surface area (Å²) in [5.74, 6) is -0.0557. The molecule has 2 aliphatic heterocycles. The van der Waals surface area contributed by atoms with E-state index in [1.165, 1.54) is 4.52 Å². The molecule has 3 aromatic heterocycles. The van der Waals surface area contributed by atoms with E-state index in [0.29, 0.717) is 24.2 Å². The minimum absolute atomic E-state index is 0.0335. The molecule has 2 atom stereocenters. The van der Waals surface area contributed by atoms with Crippen molar-refractivity contribution in [2.75, 3.05) is 12.0 Å². The minimum Gasteiger partial charge on any atom is -0.382 e. The third-order valence-electron chi connectivity index (χ3n) is 7.48.